The molecule has 0 radical (unpaired) electrons. The second-order valence-corrected chi connectivity index (χ2v) is 15.5. The highest BCUT2D eigenvalue weighted by atomic mass is 35.5. The molecule has 2 atom stereocenters. The molecule has 4 heterocycles. The van der Waals surface area contributed by atoms with Gasteiger partial charge in [0.05, 0.1) is 34.3 Å². The van der Waals surface area contributed by atoms with Crippen molar-refractivity contribution in [2.45, 2.75) is 56.5 Å². The SMILES string of the molecule is CN1CCC(OC(c2nc3c(F)cccc3[nH]2)c2cc(OC(F)(F)F)ccc2F)CC1.CN1CCC(OC(c2nc3ccccc3[nH]2)c2c(F)cc(Cl)cc2F)CC1.O=C(O)C(=O)O. The lowest BCUT2D eigenvalue weighted by atomic mass is 10.0. The molecule has 8 rings (SSSR count). The first-order valence-corrected chi connectivity index (χ1v) is 20.2. The molecular formula is C43H42ClF7N6O7. The third kappa shape index (κ3) is 12.5. The van der Waals surface area contributed by atoms with E-state index in [0.717, 1.165) is 80.4 Å². The number of hydrogen-bond acceptors (Lipinski definition) is 9. The number of aliphatic carboxylic acids is 2. The molecule has 2 fully saturated rings. The zero-order valence-corrected chi connectivity index (χ0v) is 34.9. The first-order valence-electron chi connectivity index (χ1n) is 19.8. The first kappa shape index (κ1) is 47.7. The lowest BCUT2D eigenvalue weighted by molar-refractivity contribution is -0.274. The predicted octanol–water partition coefficient (Wildman–Crippen LogP) is 8.79. The van der Waals surface area contributed by atoms with Crippen LogP contribution in [0, 0.1) is 23.3 Å². The van der Waals surface area contributed by atoms with E-state index >= 15 is 0 Å². The fourth-order valence-electron chi connectivity index (χ4n) is 7.14. The van der Waals surface area contributed by atoms with Gasteiger partial charge in [-0.1, -0.05) is 29.8 Å². The highest BCUT2D eigenvalue weighted by Gasteiger charge is 2.34. The molecule has 21 heteroatoms. The smallest absolute Gasteiger partial charge is 0.473 e. The minimum absolute atomic E-state index is 0.0106. The number of aromatic nitrogens is 4. The van der Waals surface area contributed by atoms with E-state index in [1.807, 2.05) is 38.4 Å². The molecule has 0 aliphatic carbocycles. The molecule has 13 nitrogen and oxygen atoms in total. The number of carboxylic acids is 2. The number of hydrogen-bond donors (Lipinski definition) is 4. The molecule has 0 saturated carbocycles. The maximum atomic E-state index is 14.7. The maximum absolute atomic E-state index is 14.7. The Morgan fingerprint density at radius 3 is 1.78 bits per heavy atom. The lowest BCUT2D eigenvalue weighted by Gasteiger charge is -2.31. The quantitative estimate of drug-likeness (QED) is 0.0809. The number of piperidine rings is 2. The van der Waals surface area contributed by atoms with E-state index in [0.29, 0.717) is 24.2 Å². The summed E-state index contributed by atoms with van der Waals surface area (Å²) in [4.78, 5) is 37.3. The molecule has 2 saturated heterocycles. The van der Waals surface area contributed by atoms with Gasteiger partial charge in [-0.2, -0.15) is 0 Å². The van der Waals surface area contributed by atoms with Crippen molar-refractivity contribution in [2.24, 2.45) is 0 Å². The molecule has 2 aliphatic heterocycles. The van der Waals surface area contributed by atoms with Crippen LogP contribution in [0.25, 0.3) is 22.1 Å². The van der Waals surface area contributed by atoms with Crippen LogP contribution in [-0.2, 0) is 19.1 Å². The van der Waals surface area contributed by atoms with Crippen LogP contribution in [0.3, 0.4) is 0 Å². The van der Waals surface area contributed by atoms with Crippen molar-refractivity contribution in [2.75, 3.05) is 40.3 Å². The van der Waals surface area contributed by atoms with Gasteiger partial charge in [0.25, 0.3) is 0 Å². The van der Waals surface area contributed by atoms with Crippen LogP contribution in [-0.4, -0.2) is 111 Å². The van der Waals surface area contributed by atoms with Gasteiger partial charge >= 0.3 is 18.3 Å². The molecule has 2 aliphatic rings. The van der Waals surface area contributed by atoms with Gasteiger partial charge in [0.2, 0.25) is 0 Å². The molecule has 0 bridgehead atoms. The van der Waals surface area contributed by atoms with Gasteiger partial charge in [-0.25, -0.2) is 37.1 Å². The molecule has 0 amide bonds. The summed E-state index contributed by atoms with van der Waals surface area (Å²) in [6, 6.07) is 16.7. The van der Waals surface area contributed by atoms with Gasteiger partial charge in [0.1, 0.15) is 52.6 Å². The second-order valence-electron chi connectivity index (χ2n) is 15.1. The number of nitrogens with zero attached hydrogens (tertiary/aromatic N) is 4. The third-order valence-electron chi connectivity index (χ3n) is 10.3. The van der Waals surface area contributed by atoms with Crippen LogP contribution in [0.5, 0.6) is 5.75 Å². The summed E-state index contributed by atoms with van der Waals surface area (Å²) in [5, 5.41) is 14.8. The first-order chi connectivity index (χ1) is 30.3. The number of benzene rings is 4. The summed E-state index contributed by atoms with van der Waals surface area (Å²) < 4.78 is 113. The summed E-state index contributed by atoms with van der Waals surface area (Å²) in [6.07, 6.45) is -4.54. The minimum Gasteiger partial charge on any atom is -0.473 e. The fourth-order valence-corrected chi connectivity index (χ4v) is 7.33. The topological polar surface area (TPSA) is 166 Å². The van der Waals surface area contributed by atoms with E-state index in [2.05, 4.69) is 34.5 Å². The van der Waals surface area contributed by atoms with E-state index in [1.54, 1.807) is 6.07 Å². The number of H-pyrrole nitrogens is 2. The van der Waals surface area contributed by atoms with E-state index in [-0.39, 0.29) is 39.7 Å². The Kier molecular flexibility index (Phi) is 15.5. The largest absolute Gasteiger partial charge is 0.573 e. The van der Waals surface area contributed by atoms with Crippen molar-refractivity contribution >= 4 is 45.6 Å². The molecular weight excluding hydrogens is 881 g/mol. The van der Waals surface area contributed by atoms with E-state index in [4.69, 9.17) is 40.9 Å². The Morgan fingerprint density at radius 1 is 0.703 bits per heavy atom. The summed E-state index contributed by atoms with van der Waals surface area (Å²) in [5.74, 6) is -6.58. The zero-order chi connectivity index (χ0) is 46.3. The van der Waals surface area contributed by atoms with Crippen LogP contribution >= 0.6 is 11.6 Å². The Morgan fingerprint density at radius 2 is 1.23 bits per heavy atom. The number of carboxylic acid groups (broad SMARTS) is 2. The van der Waals surface area contributed by atoms with E-state index < -0.39 is 59.5 Å². The number of halogens is 8. The van der Waals surface area contributed by atoms with Crippen LogP contribution in [0.2, 0.25) is 5.02 Å². The molecule has 0 spiro atoms. The summed E-state index contributed by atoms with van der Waals surface area (Å²) in [7, 11) is 4.01. The summed E-state index contributed by atoms with van der Waals surface area (Å²) in [5.41, 5.74) is 1.57. The summed E-state index contributed by atoms with van der Waals surface area (Å²) in [6.45, 7) is 3.27. The molecule has 4 aromatic carbocycles. The van der Waals surface area contributed by atoms with Crippen molar-refractivity contribution in [3.8, 4) is 5.75 Å². The molecule has 6 aromatic rings. The van der Waals surface area contributed by atoms with Gasteiger partial charge in [-0.15, -0.1) is 13.2 Å². The van der Waals surface area contributed by atoms with E-state index in [9.17, 15) is 30.7 Å². The van der Waals surface area contributed by atoms with Crippen molar-refractivity contribution in [3.63, 3.8) is 0 Å². The average Bonchev–Trinajstić information content (AvgIpc) is 3.87. The number of rotatable bonds is 9. The normalized spacial score (nSPS) is 16.4. The van der Waals surface area contributed by atoms with Gasteiger partial charge in [-0.05, 0) is 94.4 Å². The molecule has 64 heavy (non-hydrogen) atoms. The van der Waals surface area contributed by atoms with Gasteiger partial charge < -0.3 is 44.2 Å². The van der Waals surface area contributed by atoms with Crippen LogP contribution in [0.4, 0.5) is 30.7 Å². The molecule has 2 unspecified atom stereocenters. The van der Waals surface area contributed by atoms with E-state index in [1.165, 1.54) is 12.1 Å². The number of imidazole rings is 2. The molecule has 342 valence electrons. The number of para-hydroxylation sites is 3. The Hall–Kier alpha value is -5.80. The van der Waals surface area contributed by atoms with Crippen molar-refractivity contribution < 1.29 is 64.7 Å². The van der Waals surface area contributed by atoms with Crippen molar-refractivity contribution in [1.82, 2.24) is 29.7 Å². The fraction of sp³-hybridized carbons (Fsp3) is 0.349. The highest BCUT2D eigenvalue weighted by molar-refractivity contribution is 6.30. The number of aromatic amines is 2. The van der Waals surface area contributed by atoms with Gasteiger partial charge in [0.15, 0.2) is 5.82 Å². The molecule has 4 N–H and O–H groups in total. The zero-order valence-electron chi connectivity index (χ0n) is 34.1. The maximum Gasteiger partial charge on any atom is 0.573 e. The number of carbonyl (C=O) groups is 2. The Labute approximate surface area is 365 Å². The number of ether oxygens (including phenoxy) is 3. The Bertz CT molecular complexity index is 2490. The number of fused-ring (bicyclic) bond motifs is 2. The lowest BCUT2D eigenvalue weighted by Crippen LogP contribution is -2.35. The monoisotopic (exact) mass is 922 g/mol. The van der Waals surface area contributed by atoms with Crippen LogP contribution in [0.15, 0.2) is 72.8 Å². The third-order valence-corrected chi connectivity index (χ3v) is 10.6. The summed E-state index contributed by atoms with van der Waals surface area (Å²) >= 11 is 5.80. The number of nitrogens with one attached hydrogen (secondary N) is 2. The predicted molar refractivity (Wildman–Crippen MR) is 219 cm³/mol. The minimum atomic E-state index is -4.93. The number of alkyl halides is 3. The van der Waals surface area contributed by atoms with Crippen molar-refractivity contribution in [3.05, 3.63) is 124 Å². The standard InChI is InChI=1S/C21H20F5N3O2.C20H20ClF2N3O.C2H2O4/c1-29-9-7-12(8-10-29)30-19(20-27-17-4-2-3-16(23)18(17)28-20)14-11-13(5-6-15(14)22)31-21(24,25)26;1-26-8-6-13(7-9-26)27-19(18-14(22)10-12(21)11-15(18)23)20-24-16-4-2-3-5-17(16)25-20;3-1(4)2(5)6/h2-6,11-12,19H,7-10H2,1H3,(H,27,28);2-5,10-11,13,19H,6-9H2,1H3,(H,24,25);(H,3,4)(H,5,6). The second kappa shape index (κ2) is 20.8. The van der Waals surface area contributed by atoms with Crippen LogP contribution < -0.4 is 4.74 Å². The van der Waals surface area contributed by atoms with Crippen LogP contribution in [0.1, 0.15) is 60.7 Å². The highest BCUT2D eigenvalue weighted by Crippen LogP contribution is 2.36. The Balaban J connectivity index is 0.000000190. The van der Waals surface area contributed by atoms with Gasteiger partial charge in [-0.3, -0.25) is 0 Å². The molecule has 2 aromatic heterocycles. The number of likely N-dealkylation sites (tertiary alicyclic amines) is 2. The van der Waals surface area contributed by atoms with Gasteiger partial charge in [0, 0.05) is 36.8 Å². The average molecular weight is 923 g/mol. The van der Waals surface area contributed by atoms with Crippen molar-refractivity contribution in [1.29, 1.82) is 0 Å².